The fourth-order valence-electron chi connectivity index (χ4n) is 15.7. The van der Waals surface area contributed by atoms with Crippen LogP contribution in [0.4, 0.5) is 17.5 Å². The van der Waals surface area contributed by atoms with Crippen molar-refractivity contribution in [2.24, 2.45) is 11.8 Å². The Labute approximate surface area is 785 Å². The molecule has 718 valence electrons. The molecule has 6 saturated heterocycles. The van der Waals surface area contributed by atoms with Gasteiger partial charge in [-0.25, -0.2) is 15.0 Å². The summed E-state index contributed by atoms with van der Waals surface area (Å²) in [7, 11) is 7.98. The Morgan fingerprint density at radius 1 is 0.454 bits per heavy atom. The Balaban J connectivity index is 0.000000208. The van der Waals surface area contributed by atoms with Crippen LogP contribution < -0.4 is 31.5 Å². The summed E-state index contributed by atoms with van der Waals surface area (Å²) >= 11 is 0. The maximum absolute atomic E-state index is 12.5. The van der Waals surface area contributed by atoms with E-state index in [0.717, 1.165) is 170 Å². The van der Waals surface area contributed by atoms with Crippen LogP contribution in [0.2, 0.25) is 0 Å². The van der Waals surface area contributed by atoms with E-state index in [1.165, 1.54) is 73.0 Å². The number of piperidine rings is 4. The molecule has 7 aromatic rings. The number of nitrogens with one attached hydrogen (secondary N) is 5. The second-order valence-electron chi connectivity index (χ2n) is 44.5. The van der Waals surface area contributed by atoms with Crippen LogP contribution in [-0.2, 0) is 54.0 Å². The highest BCUT2D eigenvalue weighted by Crippen LogP contribution is 2.31. The molecule has 22 nitrogen and oxygen atoms in total. The summed E-state index contributed by atoms with van der Waals surface area (Å²) in [6.07, 6.45) is 21.7. The van der Waals surface area contributed by atoms with Crippen molar-refractivity contribution in [2.45, 2.75) is 280 Å². The standard InChI is InChI=1S/C17H26N2O.C17H25NO.C16H24N2O.C15H24N4O.C15H24N2.C14H23N3O.C14H25N3/c1-17(2,3)14-7-5-6-13(12-14)16(20)18-15-8-10-19(4)11-9-15;1-17(2,3)15-6-4-5-14(12-15)16(19)11-13-7-9-18-10-8-13;1-16(2,3)14-7-5-6-13(12-14)15(19)18-10-8-17(4)9-11-18;1-15(2,3)12-4-5-13(17-10-12)18-14(20)11-19-8-6-16-7-9-19;1-12-6-5-9-17(11-12)14-8-7-13(10-16-14)15(2,3)4;1-10(17(5)6)13(18)16-12-8-7-11(9-15-12)14(2,3)4;1-14(2,3)13-11-15-17(12-13)10-9-16-7-5-4-6-8-16/h5-7,12,15H,8-11H2,1-4H3,(H,18,20);4-6,12-13,18H,7-11H2,1-3H3;5-7,12H,8-11H2,1-4H3;4-5,10,16H,6-9,11H2,1-3H3,(H,17,18,20);7-8,10,12H,5-6,9,11H2,1-4H3;7-10H,1-6H3,(H,15,16,18);11-12H,4-10H2,1-3H3/t;;;;12-;;/m....0../s1. The highest BCUT2D eigenvalue weighted by Gasteiger charge is 2.28. The molecule has 0 spiro atoms. The summed E-state index contributed by atoms with van der Waals surface area (Å²) < 4.78 is 2.09. The van der Waals surface area contributed by atoms with Gasteiger partial charge in [-0.3, -0.25) is 38.5 Å². The topological polar surface area (TPSA) is 225 Å². The normalized spacial score (nSPS) is 17.6. The largest absolute Gasteiger partial charge is 0.356 e. The monoisotopic (exact) mass is 1790 g/mol. The fraction of sp³-hybridized carbons (Fsp3) is 0.620. The number of likely N-dealkylation sites (tertiary alicyclic amines) is 2. The lowest BCUT2D eigenvalue weighted by molar-refractivity contribution is -0.120. The van der Waals surface area contributed by atoms with Gasteiger partial charge in [-0.1, -0.05) is 219 Å². The predicted octanol–water partition coefficient (Wildman–Crippen LogP) is 18.5. The Kier molecular flexibility index (Phi) is 42.1. The first-order valence-electron chi connectivity index (χ1n) is 48.5. The van der Waals surface area contributed by atoms with Crippen molar-refractivity contribution in [1.29, 1.82) is 0 Å². The van der Waals surface area contributed by atoms with Crippen LogP contribution in [0.25, 0.3) is 0 Å². The second-order valence-corrected chi connectivity index (χ2v) is 44.5. The third-order valence-electron chi connectivity index (χ3n) is 25.5. The molecule has 0 radical (unpaired) electrons. The zero-order valence-corrected chi connectivity index (χ0v) is 85.5. The van der Waals surface area contributed by atoms with E-state index >= 15 is 0 Å². The third kappa shape index (κ3) is 38.2. The van der Waals surface area contributed by atoms with E-state index in [4.69, 9.17) is 0 Å². The van der Waals surface area contributed by atoms with Crippen molar-refractivity contribution in [3.05, 3.63) is 196 Å². The molecule has 6 aliphatic heterocycles. The lowest BCUT2D eigenvalue weighted by Crippen LogP contribution is -2.47. The van der Waals surface area contributed by atoms with Gasteiger partial charge < -0.3 is 51.1 Å². The van der Waals surface area contributed by atoms with Crippen molar-refractivity contribution >= 4 is 46.9 Å². The van der Waals surface area contributed by atoms with Gasteiger partial charge in [0.25, 0.3) is 11.8 Å². The van der Waals surface area contributed by atoms with Gasteiger partial charge >= 0.3 is 0 Å². The van der Waals surface area contributed by atoms with E-state index in [9.17, 15) is 24.0 Å². The number of pyridine rings is 3. The molecule has 0 bridgehead atoms. The number of hydrogen-bond acceptors (Lipinski definition) is 17. The number of anilines is 3. The average Bonchev–Trinajstić information content (AvgIpc) is 1.01. The number of carbonyl (C=O) groups is 5. The molecule has 13 rings (SSSR count). The van der Waals surface area contributed by atoms with E-state index in [1.807, 2.05) is 128 Å². The average molecular weight is 1790 g/mol. The number of nitrogens with zero attached hydrogens (tertiary/aromatic N) is 12. The zero-order valence-electron chi connectivity index (χ0n) is 85.5. The van der Waals surface area contributed by atoms with Crippen molar-refractivity contribution in [3.63, 3.8) is 0 Å². The summed E-state index contributed by atoms with van der Waals surface area (Å²) in [6, 6.07) is 36.5. The maximum atomic E-state index is 12.5. The summed E-state index contributed by atoms with van der Waals surface area (Å²) in [5.41, 5.74) is 11.9. The van der Waals surface area contributed by atoms with Crippen molar-refractivity contribution < 1.29 is 24.0 Å². The number of ketones is 1. The molecule has 22 heteroatoms. The first kappa shape index (κ1) is 108. The molecule has 0 aliphatic carbocycles. The molecule has 130 heavy (non-hydrogen) atoms. The summed E-state index contributed by atoms with van der Waals surface area (Å²) in [5.74, 6) is 4.21. The van der Waals surface area contributed by atoms with Gasteiger partial charge in [0.05, 0.1) is 25.3 Å². The molecule has 5 N–H and O–H groups in total. The molecular formula is C108H171N17O5. The van der Waals surface area contributed by atoms with E-state index in [2.05, 4.69) is 285 Å². The number of benzene rings is 3. The van der Waals surface area contributed by atoms with E-state index in [1.54, 1.807) is 0 Å². The van der Waals surface area contributed by atoms with Gasteiger partial charge in [-0.05, 0) is 263 Å². The van der Waals surface area contributed by atoms with Gasteiger partial charge in [0.1, 0.15) is 17.5 Å². The number of likely N-dealkylation sites (N-methyl/N-ethyl adjacent to an activating group) is 2. The van der Waals surface area contributed by atoms with Crippen LogP contribution in [0.3, 0.4) is 0 Å². The van der Waals surface area contributed by atoms with Crippen LogP contribution in [0.5, 0.6) is 0 Å². The second kappa shape index (κ2) is 50.5. The van der Waals surface area contributed by atoms with Gasteiger partial charge in [0, 0.05) is 126 Å². The molecule has 4 amide bonds. The first-order valence-corrected chi connectivity index (χ1v) is 48.5. The van der Waals surface area contributed by atoms with Crippen LogP contribution in [-0.4, -0.2) is 242 Å². The van der Waals surface area contributed by atoms with Crippen LogP contribution >= 0.6 is 0 Å². The molecule has 6 fully saturated rings. The lowest BCUT2D eigenvalue weighted by Gasteiger charge is -2.32. The summed E-state index contributed by atoms with van der Waals surface area (Å²) in [5, 5.41) is 19.9. The first-order chi connectivity index (χ1) is 60.9. The molecule has 6 aliphatic rings. The predicted molar refractivity (Wildman–Crippen MR) is 542 cm³/mol. The Bertz CT molecular complexity index is 4540. The summed E-state index contributed by atoms with van der Waals surface area (Å²) in [6.45, 7) is 69.0. The van der Waals surface area contributed by atoms with Crippen LogP contribution in [0, 0.1) is 11.8 Å². The van der Waals surface area contributed by atoms with Crippen LogP contribution in [0.15, 0.2) is 140 Å². The smallest absolute Gasteiger partial charge is 0.253 e. The van der Waals surface area contributed by atoms with Crippen molar-refractivity contribution in [2.75, 3.05) is 162 Å². The highest BCUT2D eigenvalue weighted by atomic mass is 16.2. The lowest BCUT2D eigenvalue weighted by atomic mass is 9.84. The number of carbonyl (C=O) groups excluding carboxylic acids is 5. The van der Waals surface area contributed by atoms with Gasteiger partial charge in [0.2, 0.25) is 11.8 Å². The Hall–Kier alpha value is -8.61. The molecule has 0 saturated carbocycles. The molecule has 1 unspecified atom stereocenters. The van der Waals surface area contributed by atoms with Gasteiger partial charge in [0.15, 0.2) is 5.78 Å². The summed E-state index contributed by atoms with van der Waals surface area (Å²) in [4.78, 5) is 89.7. The molecular weight excluding hydrogens is 1620 g/mol. The van der Waals surface area contributed by atoms with Gasteiger partial charge in [-0.2, -0.15) is 5.10 Å². The number of piperazine rings is 2. The highest BCUT2D eigenvalue weighted by molar-refractivity contribution is 5.97. The Morgan fingerprint density at radius 3 is 1.40 bits per heavy atom. The maximum Gasteiger partial charge on any atom is 0.253 e. The molecule has 2 atom stereocenters. The zero-order chi connectivity index (χ0) is 96.0. The van der Waals surface area contributed by atoms with Crippen molar-refractivity contribution in [1.82, 2.24) is 70.1 Å². The number of Topliss-reactive ketones (excluding diaryl/α,β-unsaturated/α-hetero) is 1. The minimum atomic E-state index is -0.172. The van der Waals surface area contributed by atoms with E-state index < -0.39 is 0 Å². The van der Waals surface area contributed by atoms with E-state index in [0.29, 0.717) is 42.3 Å². The van der Waals surface area contributed by atoms with Gasteiger partial charge in [-0.15, -0.1) is 0 Å². The Morgan fingerprint density at radius 2 is 0.923 bits per heavy atom. The molecule has 10 heterocycles. The number of hydrogen-bond donors (Lipinski definition) is 5. The van der Waals surface area contributed by atoms with Crippen molar-refractivity contribution in [3.8, 4) is 0 Å². The third-order valence-corrected chi connectivity index (χ3v) is 25.5. The molecule has 4 aromatic heterocycles. The number of rotatable bonds is 16. The fourth-order valence-corrected chi connectivity index (χ4v) is 15.7. The molecule has 3 aromatic carbocycles. The SMILES string of the molecule is CC(C(=O)Nc1ccc(C(C)(C)C)cn1)N(C)C.CC(C)(C)c1ccc(NC(=O)CN2CCNCC2)nc1.CC(C)(C)c1cccc(C(=O)CC2CCNCC2)c1.CC(C)(C)c1cnn(CCN2CCCCC2)c1.CN1CCC(NC(=O)c2cccc(C(C)(C)C)c2)CC1.CN1CCN(C(=O)c2cccc(C(C)(C)C)c2)CC1.C[C@H]1CCCN(c2ccc(C(C)(C)C)cn2)C1. The quantitative estimate of drug-likeness (QED) is 0.0567. The van der Waals surface area contributed by atoms with E-state index in [-0.39, 0.29) is 67.6 Å². The number of aromatic nitrogens is 5. The minimum Gasteiger partial charge on any atom is -0.356 e. The minimum absolute atomic E-state index is 0.00269. The number of amides is 4. The van der Waals surface area contributed by atoms with Crippen LogP contribution in [0.1, 0.15) is 293 Å².